The molecule has 6 heteroatoms. The number of rotatable bonds is 2. The number of halogens is 3. The topological polar surface area (TPSA) is 43.1 Å². The minimum atomic E-state index is -2.91. The Labute approximate surface area is 70.9 Å². The van der Waals surface area contributed by atoms with Crippen LogP contribution in [-0.4, -0.2) is 4.92 Å². The van der Waals surface area contributed by atoms with Gasteiger partial charge in [0.15, 0.2) is 0 Å². The van der Waals surface area contributed by atoms with E-state index in [1.165, 1.54) is 0 Å². The van der Waals surface area contributed by atoms with E-state index in [9.17, 15) is 23.3 Å². The second-order valence-electron chi connectivity index (χ2n) is 2.30. The number of non-ortho nitro benzene ring substituents is 1. The van der Waals surface area contributed by atoms with Crippen LogP contribution >= 0.6 is 0 Å². The van der Waals surface area contributed by atoms with Crippen molar-refractivity contribution in [3.8, 4) is 0 Å². The summed E-state index contributed by atoms with van der Waals surface area (Å²) in [7, 11) is 0. The van der Waals surface area contributed by atoms with Crippen molar-refractivity contribution < 1.29 is 18.1 Å². The van der Waals surface area contributed by atoms with Crippen molar-refractivity contribution in [3.63, 3.8) is 0 Å². The molecule has 0 aliphatic rings. The lowest BCUT2D eigenvalue weighted by Crippen LogP contribution is -1.93. The number of nitro benzene ring substituents is 1. The van der Waals surface area contributed by atoms with Gasteiger partial charge in [-0.1, -0.05) is 0 Å². The van der Waals surface area contributed by atoms with E-state index in [0.717, 1.165) is 0 Å². The van der Waals surface area contributed by atoms with Gasteiger partial charge >= 0.3 is 0 Å². The van der Waals surface area contributed by atoms with Gasteiger partial charge in [-0.25, -0.2) is 13.2 Å². The SMILES string of the molecule is O=[N+]([O-])c1cc(F)cc(C(F)F)c1. The van der Waals surface area contributed by atoms with Gasteiger partial charge in [0.05, 0.1) is 11.0 Å². The molecule has 0 radical (unpaired) electrons. The molecule has 0 saturated heterocycles. The Kier molecular flexibility index (Phi) is 2.50. The van der Waals surface area contributed by atoms with Crippen LogP contribution in [0.2, 0.25) is 0 Å². The summed E-state index contributed by atoms with van der Waals surface area (Å²) < 4.78 is 36.5. The maximum atomic E-state index is 12.5. The standard InChI is InChI=1S/C7H4F3NO2/c8-5-1-4(7(9)10)2-6(3-5)11(12)13/h1-3,7H. The molecule has 0 atom stereocenters. The Morgan fingerprint density at radius 1 is 1.31 bits per heavy atom. The van der Waals surface area contributed by atoms with Crippen molar-refractivity contribution in [1.29, 1.82) is 0 Å². The first-order valence-corrected chi connectivity index (χ1v) is 3.23. The predicted molar refractivity (Wildman–Crippen MR) is 38.0 cm³/mol. The molecule has 0 heterocycles. The van der Waals surface area contributed by atoms with E-state index in [1.807, 2.05) is 0 Å². The zero-order chi connectivity index (χ0) is 10.0. The second-order valence-corrected chi connectivity index (χ2v) is 2.30. The van der Waals surface area contributed by atoms with Gasteiger partial charge < -0.3 is 0 Å². The lowest BCUT2D eigenvalue weighted by atomic mass is 10.2. The third-order valence-electron chi connectivity index (χ3n) is 1.37. The van der Waals surface area contributed by atoms with Gasteiger partial charge in [-0.05, 0) is 6.07 Å². The van der Waals surface area contributed by atoms with Crippen molar-refractivity contribution >= 4 is 5.69 Å². The number of benzene rings is 1. The van der Waals surface area contributed by atoms with Gasteiger partial charge in [0.2, 0.25) is 0 Å². The molecular formula is C7H4F3NO2. The normalized spacial score (nSPS) is 10.5. The van der Waals surface area contributed by atoms with E-state index in [2.05, 4.69) is 0 Å². The summed E-state index contributed by atoms with van der Waals surface area (Å²) in [6, 6.07) is 1.80. The maximum Gasteiger partial charge on any atom is 0.272 e. The molecule has 0 aliphatic heterocycles. The first-order chi connectivity index (χ1) is 6.00. The van der Waals surface area contributed by atoms with E-state index in [1.54, 1.807) is 0 Å². The van der Waals surface area contributed by atoms with E-state index >= 15 is 0 Å². The Hall–Kier alpha value is -1.59. The van der Waals surface area contributed by atoms with E-state index < -0.39 is 28.4 Å². The molecule has 1 aromatic rings. The molecule has 0 aromatic heterocycles. The maximum absolute atomic E-state index is 12.5. The zero-order valence-corrected chi connectivity index (χ0v) is 6.21. The Morgan fingerprint density at radius 3 is 2.38 bits per heavy atom. The molecule has 0 bridgehead atoms. The highest BCUT2D eigenvalue weighted by molar-refractivity contribution is 5.35. The van der Waals surface area contributed by atoms with Crippen LogP contribution in [0.4, 0.5) is 18.9 Å². The number of nitro groups is 1. The minimum absolute atomic E-state index is 0.567. The number of hydrogen-bond acceptors (Lipinski definition) is 2. The van der Waals surface area contributed by atoms with Gasteiger partial charge in [-0.2, -0.15) is 0 Å². The molecule has 1 aromatic carbocycles. The van der Waals surface area contributed by atoms with Crippen molar-refractivity contribution in [3.05, 3.63) is 39.7 Å². The zero-order valence-electron chi connectivity index (χ0n) is 6.21. The van der Waals surface area contributed by atoms with Crippen molar-refractivity contribution in [2.75, 3.05) is 0 Å². The van der Waals surface area contributed by atoms with Gasteiger partial charge in [0.1, 0.15) is 5.82 Å². The molecule has 13 heavy (non-hydrogen) atoms. The average Bonchev–Trinajstić information content (AvgIpc) is 2.03. The quantitative estimate of drug-likeness (QED) is 0.532. The molecule has 0 saturated carbocycles. The van der Waals surface area contributed by atoms with Gasteiger partial charge in [0.25, 0.3) is 12.1 Å². The van der Waals surface area contributed by atoms with Gasteiger partial charge in [-0.3, -0.25) is 10.1 Å². The number of alkyl halides is 2. The highest BCUT2D eigenvalue weighted by Gasteiger charge is 2.15. The van der Waals surface area contributed by atoms with Gasteiger partial charge in [0, 0.05) is 11.6 Å². The summed E-state index contributed by atoms with van der Waals surface area (Å²) >= 11 is 0. The van der Waals surface area contributed by atoms with Crippen LogP contribution in [0.15, 0.2) is 18.2 Å². The summed E-state index contributed by atoms with van der Waals surface area (Å²) in [5.74, 6) is -1.04. The van der Waals surface area contributed by atoms with Crippen LogP contribution < -0.4 is 0 Å². The monoisotopic (exact) mass is 191 g/mol. The number of nitrogens with zero attached hydrogens (tertiary/aromatic N) is 1. The largest absolute Gasteiger partial charge is 0.272 e. The molecular weight excluding hydrogens is 187 g/mol. The second kappa shape index (κ2) is 3.42. The summed E-state index contributed by atoms with van der Waals surface area (Å²) in [6.07, 6.45) is -2.91. The first-order valence-electron chi connectivity index (χ1n) is 3.23. The summed E-state index contributed by atoms with van der Waals surface area (Å²) in [4.78, 5) is 9.20. The molecule has 0 fully saturated rings. The Bertz CT molecular complexity index is 341. The van der Waals surface area contributed by atoms with Crippen LogP contribution in [0.1, 0.15) is 12.0 Å². The Morgan fingerprint density at radius 2 is 1.92 bits per heavy atom. The van der Waals surface area contributed by atoms with E-state index in [0.29, 0.717) is 18.2 Å². The molecule has 70 valence electrons. The fraction of sp³-hybridized carbons (Fsp3) is 0.143. The fourth-order valence-corrected chi connectivity index (χ4v) is 0.828. The van der Waals surface area contributed by atoms with E-state index in [-0.39, 0.29) is 0 Å². The van der Waals surface area contributed by atoms with Crippen LogP contribution in [0, 0.1) is 15.9 Å². The average molecular weight is 191 g/mol. The molecule has 0 spiro atoms. The smallest absolute Gasteiger partial charge is 0.258 e. The lowest BCUT2D eigenvalue weighted by molar-refractivity contribution is -0.385. The highest BCUT2D eigenvalue weighted by atomic mass is 19.3. The number of hydrogen-bond donors (Lipinski definition) is 0. The minimum Gasteiger partial charge on any atom is -0.258 e. The first kappa shape index (κ1) is 9.50. The van der Waals surface area contributed by atoms with Gasteiger partial charge in [-0.15, -0.1) is 0 Å². The van der Waals surface area contributed by atoms with Crippen LogP contribution in [0.3, 0.4) is 0 Å². The van der Waals surface area contributed by atoms with Crippen LogP contribution in [0.25, 0.3) is 0 Å². The third-order valence-corrected chi connectivity index (χ3v) is 1.37. The van der Waals surface area contributed by atoms with E-state index in [4.69, 9.17) is 0 Å². The molecule has 0 unspecified atom stereocenters. The summed E-state index contributed by atoms with van der Waals surface area (Å²) in [6.45, 7) is 0. The summed E-state index contributed by atoms with van der Waals surface area (Å²) in [5.41, 5.74) is -1.36. The predicted octanol–water partition coefficient (Wildman–Crippen LogP) is 2.67. The molecule has 0 aliphatic carbocycles. The highest BCUT2D eigenvalue weighted by Crippen LogP contribution is 2.24. The molecule has 0 N–H and O–H groups in total. The van der Waals surface area contributed by atoms with Crippen molar-refractivity contribution in [2.24, 2.45) is 0 Å². The fourth-order valence-electron chi connectivity index (χ4n) is 0.828. The van der Waals surface area contributed by atoms with Crippen molar-refractivity contribution in [1.82, 2.24) is 0 Å². The Balaban J connectivity index is 3.19. The molecule has 0 amide bonds. The third kappa shape index (κ3) is 2.17. The summed E-state index contributed by atoms with van der Waals surface area (Å²) in [5, 5.41) is 10.1. The van der Waals surface area contributed by atoms with Crippen LogP contribution in [0.5, 0.6) is 0 Å². The molecule has 3 nitrogen and oxygen atoms in total. The molecule has 1 rings (SSSR count). The van der Waals surface area contributed by atoms with Crippen LogP contribution in [-0.2, 0) is 0 Å². The van der Waals surface area contributed by atoms with Crippen molar-refractivity contribution in [2.45, 2.75) is 6.43 Å². The lowest BCUT2D eigenvalue weighted by Gasteiger charge is -1.99.